The smallest absolute Gasteiger partial charge is 0.261 e. The maximum absolute atomic E-state index is 13.0. The maximum Gasteiger partial charge on any atom is 0.261 e. The van der Waals surface area contributed by atoms with Gasteiger partial charge < -0.3 is 10.4 Å². The van der Waals surface area contributed by atoms with E-state index in [1.165, 1.54) is 10.9 Å². The Labute approximate surface area is 194 Å². The molecular formula is C24H19Cl2N3O3. The first-order valence-electron chi connectivity index (χ1n) is 9.87. The summed E-state index contributed by atoms with van der Waals surface area (Å²) < 4.78 is 1.46. The van der Waals surface area contributed by atoms with Crippen molar-refractivity contribution in [3.8, 4) is 0 Å². The number of carbonyl (C=O) groups excluding carboxylic acids is 1. The number of aromatic nitrogens is 2. The fourth-order valence-electron chi connectivity index (χ4n) is 3.36. The van der Waals surface area contributed by atoms with Gasteiger partial charge in [-0.2, -0.15) is 0 Å². The predicted octanol–water partition coefficient (Wildman–Crippen LogP) is 4.81. The normalized spacial score (nSPS) is 12.0. The molecule has 0 radical (unpaired) electrons. The Morgan fingerprint density at radius 1 is 1.03 bits per heavy atom. The van der Waals surface area contributed by atoms with E-state index in [0.29, 0.717) is 32.2 Å². The highest BCUT2D eigenvalue weighted by molar-refractivity contribution is 6.42. The number of anilines is 1. The van der Waals surface area contributed by atoms with Crippen molar-refractivity contribution in [2.24, 2.45) is 0 Å². The molecule has 3 aromatic carbocycles. The van der Waals surface area contributed by atoms with E-state index in [9.17, 15) is 14.7 Å². The van der Waals surface area contributed by atoms with Crippen LogP contribution >= 0.6 is 23.2 Å². The zero-order chi connectivity index (χ0) is 22.7. The molecule has 0 aliphatic heterocycles. The van der Waals surface area contributed by atoms with Crippen LogP contribution in [-0.4, -0.2) is 20.6 Å². The van der Waals surface area contributed by atoms with E-state index in [2.05, 4.69) is 10.3 Å². The lowest BCUT2D eigenvalue weighted by Gasteiger charge is -2.12. The third-order valence-corrected chi connectivity index (χ3v) is 5.75. The molecule has 32 heavy (non-hydrogen) atoms. The summed E-state index contributed by atoms with van der Waals surface area (Å²) in [5.41, 5.74) is 2.19. The number of hydrogen-bond acceptors (Lipinski definition) is 4. The second-order valence-electron chi connectivity index (χ2n) is 7.34. The number of amides is 1. The third kappa shape index (κ3) is 4.99. The number of halogens is 2. The summed E-state index contributed by atoms with van der Waals surface area (Å²) in [4.78, 5) is 29.7. The van der Waals surface area contributed by atoms with Crippen LogP contribution < -0.4 is 10.9 Å². The number of aliphatic hydroxyl groups is 1. The van der Waals surface area contributed by atoms with Gasteiger partial charge in [-0.15, -0.1) is 0 Å². The topological polar surface area (TPSA) is 84.2 Å². The van der Waals surface area contributed by atoms with Crippen LogP contribution in [0.15, 0.2) is 77.9 Å². The van der Waals surface area contributed by atoms with Crippen LogP contribution in [0, 0.1) is 0 Å². The Morgan fingerprint density at radius 3 is 2.56 bits per heavy atom. The molecule has 8 heteroatoms. The van der Waals surface area contributed by atoms with Crippen LogP contribution in [0.1, 0.15) is 23.7 Å². The van der Waals surface area contributed by atoms with E-state index in [1.54, 1.807) is 60.7 Å². The third-order valence-electron chi connectivity index (χ3n) is 5.01. The van der Waals surface area contributed by atoms with Crippen LogP contribution in [0.2, 0.25) is 10.0 Å². The van der Waals surface area contributed by atoms with E-state index >= 15 is 0 Å². The molecule has 1 heterocycles. The quantitative estimate of drug-likeness (QED) is 0.425. The number of carbonyl (C=O) groups is 1. The first-order valence-corrected chi connectivity index (χ1v) is 10.6. The van der Waals surface area contributed by atoms with E-state index in [0.717, 1.165) is 5.56 Å². The Balaban J connectivity index is 1.53. The molecule has 0 saturated heterocycles. The van der Waals surface area contributed by atoms with Crippen LogP contribution in [0.3, 0.4) is 0 Å². The van der Waals surface area contributed by atoms with E-state index in [1.807, 2.05) is 6.07 Å². The van der Waals surface area contributed by atoms with E-state index < -0.39 is 6.10 Å². The lowest BCUT2D eigenvalue weighted by atomic mass is 10.1. The van der Waals surface area contributed by atoms with Gasteiger partial charge in [0.05, 0.1) is 46.3 Å². The van der Waals surface area contributed by atoms with Gasteiger partial charge in [0.1, 0.15) is 0 Å². The molecule has 0 unspecified atom stereocenters. The number of aliphatic hydroxyl groups excluding tert-OH is 1. The van der Waals surface area contributed by atoms with Gasteiger partial charge in [0.15, 0.2) is 0 Å². The molecule has 4 aromatic rings. The molecule has 0 fully saturated rings. The Kier molecular flexibility index (Phi) is 6.55. The molecular weight excluding hydrogens is 449 g/mol. The maximum atomic E-state index is 13.0. The van der Waals surface area contributed by atoms with E-state index in [-0.39, 0.29) is 24.4 Å². The summed E-state index contributed by atoms with van der Waals surface area (Å²) in [5, 5.41) is 14.2. The van der Waals surface area contributed by atoms with Crippen LogP contribution in [0.5, 0.6) is 0 Å². The first-order chi connectivity index (χ1) is 15.4. The largest absolute Gasteiger partial charge is 0.388 e. The number of rotatable bonds is 6. The summed E-state index contributed by atoms with van der Waals surface area (Å²) in [7, 11) is 0. The molecule has 1 aromatic heterocycles. The van der Waals surface area contributed by atoms with Crippen molar-refractivity contribution in [1.82, 2.24) is 9.55 Å². The summed E-state index contributed by atoms with van der Waals surface area (Å²) in [6.07, 6.45) is 0.458. The highest BCUT2D eigenvalue weighted by Gasteiger charge is 2.14. The number of nitrogens with one attached hydrogen (secondary N) is 1. The summed E-state index contributed by atoms with van der Waals surface area (Å²) >= 11 is 12.0. The predicted molar refractivity (Wildman–Crippen MR) is 126 cm³/mol. The van der Waals surface area contributed by atoms with Crippen molar-refractivity contribution in [3.63, 3.8) is 0 Å². The van der Waals surface area contributed by atoms with Crippen molar-refractivity contribution >= 4 is 45.7 Å². The molecule has 0 spiro atoms. The van der Waals surface area contributed by atoms with Gasteiger partial charge in [0.2, 0.25) is 5.91 Å². The minimum atomic E-state index is -0.915. The van der Waals surface area contributed by atoms with Crippen LogP contribution in [-0.2, 0) is 11.3 Å². The molecule has 4 rings (SSSR count). The molecule has 0 bridgehead atoms. The Morgan fingerprint density at radius 2 is 1.81 bits per heavy atom. The van der Waals surface area contributed by atoms with Gasteiger partial charge in [0.25, 0.3) is 5.56 Å². The van der Waals surface area contributed by atoms with Gasteiger partial charge in [0, 0.05) is 5.69 Å². The molecule has 2 N–H and O–H groups in total. The standard InChI is InChI=1S/C24H19Cl2N3O3/c25-19-8-6-15(10-20(19)26)13-29-14-27-21-9-7-17(11-18(21)24(29)32)28-23(31)12-22(30)16-4-2-1-3-5-16/h1-11,14,22,30H,12-13H2,(H,28,31)/t22-/m0/s1. The summed E-state index contributed by atoms with van der Waals surface area (Å²) in [5.74, 6) is -0.360. The molecule has 0 aliphatic rings. The lowest BCUT2D eigenvalue weighted by molar-refractivity contribution is -0.118. The first kappa shape index (κ1) is 22.0. The number of benzene rings is 3. The number of hydrogen-bond donors (Lipinski definition) is 2. The van der Waals surface area contributed by atoms with Gasteiger partial charge in [-0.05, 0) is 41.5 Å². The van der Waals surface area contributed by atoms with Crippen molar-refractivity contribution in [1.29, 1.82) is 0 Å². The molecule has 1 amide bonds. The number of nitrogens with zero attached hydrogens (tertiary/aromatic N) is 2. The zero-order valence-electron chi connectivity index (χ0n) is 16.8. The van der Waals surface area contributed by atoms with E-state index in [4.69, 9.17) is 23.2 Å². The second-order valence-corrected chi connectivity index (χ2v) is 8.15. The highest BCUT2D eigenvalue weighted by atomic mass is 35.5. The molecule has 1 atom stereocenters. The van der Waals surface area contributed by atoms with Crippen molar-refractivity contribution in [3.05, 3.63) is 105 Å². The minimum Gasteiger partial charge on any atom is -0.388 e. The fraction of sp³-hybridized carbons (Fsp3) is 0.125. The molecule has 6 nitrogen and oxygen atoms in total. The number of fused-ring (bicyclic) bond motifs is 1. The average Bonchev–Trinajstić information content (AvgIpc) is 2.79. The SMILES string of the molecule is O=C(C[C@H](O)c1ccccc1)Nc1ccc2ncn(Cc3ccc(Cl)c(Cl)c3)c(=O)c2c1. The Hall–Kier alpha value is -3.19. The average molecular weight is 468 g/mol. The van der Waals surface area contributed by atoms with Crippen molar-refractivity contribution < 1.29 is 9.90 Å². The van der Waals surface area contributed by atoms with Crippen molar-refractivity contribution in [2.75, 3.05) is 5.32 Å². The summed E-state index contributed by atoms with van der Waals surface area (Å²) in [6, 6.07) is 19.1. The van der Waals surface area contributed by atoms with Crippen molar-refractivity contribution in [2.45, 2.75) is 19.1 Å². The van der Waals surface area contributed by atoms with Gasteiger partial charge in [-0.25, -0.2) is 4.98 Å². The minimum absolute atomic E-state index is 0.101. The van der Waals surface area contributed by atoms with Gasteiger partial charge in [-0.3, -0.25) is 14.2 Å². The second kappa shape index (κ2) is 9.53. The zero-order valence-corrected chi connectivity index (χ0v) is 18.3. The van der Waals surface area contributed by atoms with Crippen LogP contribution in [0.4, 0.5) is 5.69 Å². The molecule has 162 valence electrons. The molecule has 0 saturated carbocycles. The molecule has 0 aliphatic carbocycles. The summed E-state index contributed by atoms with van der Waals surface area (Å²) in [6.45, 7) is 0.276. The Bertz CT molecular complexity index is 1340. The van der Waals surface area contributed by atoms with Crippen LogP contribution in [0.25, 0.3) is 10.9 Å². The van der Waals surface area contributed by atoms with Gasteiger partial charge in [-0.1, -0.05) is 59.6 Å². The highest BCUT2D eigenvalue weighted by Crippen LogP contribution is 2.23. The monoisotopic (exact) mass is 467 g/mol. The lowest BCUT2D eigenvalue weighted by Crippen LogP contribution is -2.21. The fourth-order valence-corrected chi connectivity index (χ4v) is 3.69. The van der Waals surface area contributed by atoms with Gasteiger partial charge >= 0.3 is 0 Å².